The van der Waals surface area contributed by atoms with Gasteiger partial charge in [-0.1, -0.05) is 31.9 Å². The summed E-state index contributed by atoms with van der Waals surface area (Å²) in [5.74, 6) is -2.17. The summed E-state index contributed by atoms with van der Waals surface area (Å²) >= 11 is 0. The van der Waals surface area contributed by atoms with E-state index in [1.807, 2.05) is 14.0 Å². The third kappa shape index (κ3) is 4.89. The van der Waals surface area contributed by atoms with Crippen molar-refractivity contribution in [1.82, 2.24) is 10.2 Å². The molecule has 2 aliphatic heterocycles. The predicted octanol–water partition coefficient (Wildman–Crippen LogP) is 4.13. The normalized spacial score (nSPS) is 24.5. The van der Waals surface area contributed by atoms with Gasteiger partial charge in [-0.3, -0.25) is 10.3 Å². The highest BCUT2D eigenvalue weighted by Crippen LogP contribution is 2.44. The Hall–Kier alpha value is -2.46. The molecule has 0 bridgehead atoms. The highest BCUT2D eigenvalue weighted by molar-refractivity contribution is 6.05. The minimum Gasteiger partial charge on any atom is -0.376 e. The number of nitrogens with zero attached hydrogens (tertiary/aromatic N) is 3. The van der Waals surface area contributed by atoms with Gasteiger partial charge in [-0.15, -0.1) is 0 Å². The summed E-state index contributed by atoms with van der Waals surface area (Å²) in [5.41, 5.74) is -0.184. The summed E-state index contributed by atoms with van der Waals surface area (Å²) in [6, 6.07) is 9.32. The SMILES string of the molecule is CCCCC1C(c2ccc(F)cc2)=NN(c2ccc(F)cc2F)C1(C)C(O)NCC1(OC)CN(C)C1. The van der Waals surface area contributed by atoms with Crippen molar-refractivity contribution in [3.63, 3.8) is 0 Å². The average Bonchev–Trinajstić information content (AvgIpc) is 3.13. The predicted molar refractivity (Wildman–Crippen MR) is 134 cm³/mol. The lowest BCUT2D eigenvalue weighted by atomic mass is 9.76. The van der Waals surface area contributed by atoms with Crippen molar-refractivity contribution in [3.05, 3.63) is 65.5 Å². The van der Waals surface area contributed by atoms with E-state index in [4.69, 9.17) is 9.84 Å². The third-order valence-electron chi connectivity index (χ3n) is 7.54. The molecule has 3 unspecified atom stereocenters. The van der Waals surface area contributed by atoms with Gasteiger partial charge in [-0.2, -0.15) is 5.10 Å². The fraction of sp³-hybridized carbons (Fsp3) is 0.519. The number of aliphatic hydroxyl groups excluding tert-OH is 1. The van der Waals surface area contributed by atoms with Gasteiger partial charge in [0.15, 0.2) is 5.82 Å². The molecule has 6 nitrogen and oxygen atoms in total. The number of benzene rings is 2. The molecule has 3 atom stereocenters. The lowest BCUT2D eigenvalue weighted by Gasteiger charge is -2.49. The standard InChI is InChI=1S/C27H35F3N4O2/c1-5-6-7-21-24(18-8-10-19(28)11-9-18)32-34(23-13-12-20(29)14-22(23)30)26(21,2)25(35)31-15-27(36-4)16-33(3)17-27/h8-14,21,25,31,35H,5-7,15-17H2,1-4H3. The van der Waals surface area contributed by atoms with Crippen LogP contribution in [-0.4, -0.2) is 66.9 Å². The van der Waals surface area contributed by atoms with Crippen LogP contribution in [0.15, 0.2) is 47.6 Å². The molecule has 0 radical (unpaired) electrons. The summed E-state index contributed by atoms with van der Waals surface area (Å²) in [6.07, 6.45) is 1.29. The van der Waals surface area contributed by atoms with E-state index >= 15 is 4.39 Å². The smallest absolute Gasteiger partial charge is 0.151 e. The largest absolute Gasteiger partial charge is 0.376 e. The number of hydrogen-bond acceptors (Lipinski definition) is 6. The van der Waals surface area contributed by atoms with Crippen LogP contribution in [0.4, 0.5) is 18.9 Å². The van der Waals surface area contributed by atoms with Gasteiger partial charge in [-0.25, -0.2) is 13.2 Å². The number of ether oxygens (including phenoxy) is 1. The first kappa shape index (κ1) is 26.6. The number of likely N-dealkylation sites (N-methyl/N-ethyl adjacent to an activating group) is 1. The molecule has 4 rings (SSSR count). The summed E-state index contributed by atoms with van der Waals surface area (Å²) in [7, 11) is 3.65. The van der Waals surface area contributed by atoms with Crippen LogP contribution in [0.5, 0.6) is 0 Å². The zero-order valence-electron chi connectivity index (χ0n) is 21.3. The maximum atomic E-state index is 15.1. The molecular formula is C27H35F3N4O2. The molecule has 1 fully saturated rings. The van der Waals surface area contributed by atoms with Crippen LogP contribution in [0.25, 0.3) is 0 Å². The van der Waals surface area contributed by atoms with Gasteiger partial charge < -0.3 is 14.7 Å². The number of likely N-dealkylation sites (tertiary alicyclic amines) is 1. The van der Waals surface area contributed by atoms with Gasteiger partial charge in [0.05, 0.1) is 11.4 Å². The van der Waals surface area contributed by atoms with Crippen LogP contribution in [0, 0.1) is 23.4 Å². The van der Waals surface area contributed by atoms with E-state index in [2.05, 4.69) is 17.1 Å². The lowest BCUT2D eigenvalue weighted by Crippen LogP contribution is -2.69. The van der Waals surface area contributed by atoms with Crippen LogP contribution >= 0.6 is 0 Å². The second kappa shape index (κ2) is 10.5. The minimum atomic E-state index is -1.14. The van der Waals surface area contributed by atoms with Crippen molar-refractivity contribution >= 4 is 11.4 Å². The number of anilines is 1. The summed E-state index contributed by atoms with van der Waals surface area (Å²) in [5, 5.41) is 21.1. The van der Waals surface area contributed by atoms with E-state index in [-0.39, 0.29) is 17.4 Å². The van der Waals surface area contributed by atoms with E-state index < -0.39 is 29.0 Å². The first-order valence-electron chi connectivity index (χ1n) is 12.4. The fourth-order valence-corrected chi connectivity index (χ4v) is 5.44. The number of methoxy groups -OCH3 is 1. The first-order valence-corrected chi connectivity index (χ1v) is 12.4. The molecule has 2 aromatic carbocycles. The molecule has 36 heavy (non-hydrogen) atoms. The van der Waals surface area contributed by atoms with Crippen molar-refractivity contribution in [3.8, 4) is 0 Å². The molecule has 0 aromatic heterocycles. The zero-order chi connectivity index (χ0) is 26.1. The number of rotatable bonds is 10. The monoisotopic (exact) mass is 504 g/mol. The number of aliphatic hydroxyl groups is 1. The maximum Gasteiger partial charge on any atom is 0.151 e. The van der Waals surface area contributed by atoms with Crippen molar-refractivity contribution in [2.75, 3.05) is 38.8 Å². The molecule has 2 N–H and O–H groups in total. The highest BCUT2D eigenvalue weighted by Gasteiger charge is 2.54. The average molecular weight is 505 g/mol. The molecule has 0 saturated carbocycles. The van der Waals surface area contributed by atoms with Gasteiger partial charge in [0, 0.05) is 38.7 Å². The van der Waals surface area contributed by atoms with Crippen LogP contribution in [-0.2, 0) is 4.74 Å². The number of halogens is 3. The highest BCUT2D eigenvalue weighted by atomic mass is 19.1. The number of nitrogens with one attached hydrogen (secondary N) is 1. The van der Waals surface area contributed by atoms with Crippen LogP contribution in [0.1, 0.15) is 38.7 Å². The molecule has 0 aliphatic carbocycles. The van der Waals surface area contributed by atoms with E-state index in [0.29, 0.717) is 37.3 Å². The summed E-state index contributed by atoms with van der Waals surface area (Å²) < 4.78 is 48.3. The van der Waals surface area contributed by atoms with Crippen LogP contribution in [0.2, 0.25) is 0 Å². The van der Waals surface area contributed by atoms with Gasteiger partial charge in [-0.05, 0) is 50.2 Å². The van der Waals surface area contributed by atoms with Crippen molar-refractivity contribution in [1.29, 1.82) is 0 Å². The summed E-state index contributed by atoms with van der Waals surface area (Å²) in [4.78, 5) is 2.12. The Morgan fingerprint density at radius 3 is 2.39 bits per heavy atom. The van der Waals surface area contributed by atoms with E-state index in [1.54, 1.807) is 19.2 Å². The van der Waals surface area contributed by atoms with Crippen molar-refractivity contribution in [2.24, 2.45) is 11.0 Å². The zero-order valence-corrected chi connectivity index (χ0v) is 21.3. The Kier molecular flexibility index (Phi) is 7.75. The molecule has 2 aliphatic rings. The second-order valence-electron chi connectivity index (χ2n) is 10.2. The number of hydrogen-bond donors (Lipinski definition) is 2. The van der Waals surface area contributed by atoms with Crippen LogP contribution in [0.3, 0.4) is 0 Å². The Morgan fingerprint density at radius 2 is 1.81 bits per heavy atom. The molecule has 1 saturated heterocycles. The molecule has 9 heteroatoms. The fourth-order valence-electron chi connectivity index (χ4n) is 5.44. The van der Waals surface area contributed by atoms with Crippen LogP contribution < -0.4 is 10.3 Å². The number of unbranched alkanes of at least 4 members (excludes halogenated alkanes) is 1. The minimum absolute atomic E-state index is 0.0585. The van der Waals surface area contributed by atoms with Gasteiger partial charge in [0.2, 0.25) is 0 Å². The summed E-state index contributed by atoms with van der Waals surface area (Å²) in [6.45, 7) is 5.72. The molecule has 196 valence electrons. The Balaban J connectivity index is 1.75. The molecule has 2 heterocycles. The molecule has 0 spiro atoms. The Morgan fingerprint density at radius 1 is 1.14 bits per heavy atom. The van der Waals surface area contributed by atoms with Gasteiger partial charge >= 0.3 is 0 Å². The second-order valence-corrected chi connectivity index (χ2v) is 10.2. The topological polar surface area (TPSA) is 60.3 Å². The quantitative estimate of drug-likeness (QED) is 0.477. The lowest BCUT2D eigenvalue weighted by molar-refractivity contribution is -0.120. The van der Waals surface area contributed by atoms with Gasteiger partial charge in [0.25, 0.3) is 0 Å². The Labute approximate surface area is 210 Å². The maximum absolute atomic E-state index is 15.1. The van der Waals surface area contributed by atoms with E-state index in [0.717, 1.165) is 18.9 Å². The molecule has 2 aromatic rings. The van der Waals surface area contributed by atoms with Gasteiger partial charge in [0.1, 0.15) is 29.0 Å². The molecule has 0 amide bonds. The molecular weight excluding hydrogens is 469 g/mol. The Bertz CT molecular complexity index is 1090. The number of hydrazone groups is 1. The first-order chi connectivity index (χ1) is 17.1. The van der Waals surface area contributed by atoms with Crippen molar-refractivity contribution in [2.45, 2.75) is 50.5 Å². The van der Waals surface area contributed by atoms with E-state index in [9.17, 15) is 13.9 Å². The third-order valence-corrected chi connectivity index (χ3v) is 7.54. The van der Waals surface area contributed by atoms with Crippen molar-refractivity contribution < 1.29 is 23.0 Å². The van der Waals surface area contributed by atoms with E-state index in [1.165, 1.54) is 29.3 Å².